The Hall–Kier alpha value is -4.14. The maximum atomic E-state index is 13.2. The van der Waals surface area contributed by atoms with Crippen LogP contribution >= 0.6 is 11.8 Å². The topological polar surface area (TPSA) is 146 Å². The van der Waals surface area contributed by atoms with E-state index < -0.39 is 20.9 Å². The van der Waals surface area contributed by atoms with Crippen LogP contribution in [-0.2, 0) is 14.8 Å². The largest absolute Gasteiger partial charge is 0.496 e. The molecule has 4 aromatic rings. The molecule has 1 aromatic heterocycles. The number of carbonyl (C=O) groups is 1. The number of rotatable bonds is 12. The van der Waals surface area contributed by atoms with Gasteiger partial charge in [0.05, 0.1) is 52.6 Å². The number of nitro groups is 1. The van der Waals surface area contributed by atoms with Crippen LogP contribution in [0.1, 0.15) is 13.8 Å². The zero-order valence-electron chi connectivity index (χ0n) is 22.9. The molecule has 0 atom stereocenters. The number of para-hydroxylation sites is 2. The number of nitrogens with one attached hydrogen (secondary N) is 1. The molecule has 0 bridgehead atoms. The van der Waals surface area contributed by atoms with Crippen molar-refractivity contribution in [3.05, 3.63) is 70.8 Å². The fourth-order valence-corrected chi connectivity index (χ4v) is 6.57. The molecule has 3 aromatic carbocycles. The van der Waals surface area contributed by atoms with Gasteiger partial charge in [-0.15, -0.1) is 0 Å². The number of sulfonamides is 1. The van der Waals surface area contributed by atoms with Crippen molar-refractivity contribution in [1.29, 1.82) is 0 Å². The molecule has 14 heteroatoms. The van der Waals surface area contributed by atoms with Crippen LogP contribution in [0.2, 0.25) is 0 Å². The van der Waals surface area contributed by atoms with Gasteiger partial charge in [-0.25, -0.2) is 13.4 Å². The summed E-state index contributed by atoms with van der Waals surface area (Å²) in [4.78, 5) is 28.6. The van der Waals surface area contributed by atoms with Gasteiger partial charge < -0.3 is 14.8 Å². The van der Waals surface area contributed by atoms with Gasteiger partial charge in [-0.2, -0.15) is 4.31 Å². The quantitative estimate of drug-likeness (QED) is 0.139. The van der Waals surface area contributed by atoms with Crippen molar-refractivity contribution in [2.24, 2.45) is 0 Å². The first-order valence-electron chi connectivity index (χ1n) is 12.6. The number of carbonyl (C=O) groups excluding carboxylic acids is 1. The molecule has 0 saturated carbocycles. The van der Waals surface area contributed by atoms with E-state index in [1.54, 1.807) is 30.5 Å². The van der Waals surface area contributed by atoms with E-state index in [9.17, 15) is 23.3 Å². The van der Waals surface area contributed by atoms with E-state index in [1.807, 2.05) is 18.2 Å². The molecule has 0 saturated heterocycles. The Bertz CT molecular complexity index is 1700. The number of hydrogen-bond acceptors (Lipinski definition) is 9. The second-order valence-electron chi connectivity index (χ2n) is 8.62. The molecule has 1 N–H and O–H groups in total. The van der Waals surface area contributed by atoms with Crippen LogP contribution in [0.4, 0.5) is 11.4 Å². The number of anilines is 1. The highest BCUT2D eigenvalue weighted by molar-refractivity contribution is 7.99. The molecule has 0 radical (unpaired) electrons. The average molecular weight is 600 g/mol. The summed E-state index contributed by atoms with van der Waals surface area (Å²) in [6.07, 6.45) is 0. The lowest BCUT2D eigenvalue weighted by atomic mass is 10.2. The van der Waals surface area contributed by atoms with E-state index in [1.165, 1.54) is 48.9 Å². The number of benzene rings is 3. The Morgan fingerprint density at radius 2 is 1.80 bits per heavy atom. The molecule has 1 amide bonds. The predicted molar refractivity (Wildman–Crippen MR) is 157 cm³/mol. The van der Waals surface area contributed by atoms with Gasteiger partial charge in [-0.1, -0.05) is 37.7 Å². The van der Waals surface area contributed by atoms with Gasteiger partial charge >= 0.3 is 0 Å². The van der Waals surface area contributed by atoms with Gasteiger partial charge in [0.15, 0.2) is 5.16 Å². The summed E-state index contributed by atoms with van der Waals surface area (Å²) in [5.41, 5.74) is 1.40. The van der Waals surface area contributed by atoms with Crippen LogP contribution in [0.25, 0.3) is 16.7 Å². The van der Waals surface area contributed by atoms with Gasteiger partial charge in [0.25, 0.3) is 5.69 Å². The fourth-order valence-electron chi connectivity index (χ4n) is 4.27. The number of thioether (sulfide) groups is 1. The fraction of sp³-hybridized carbons (Fsp3) is 0.259. The smallest absolute Gasteiger partial charge is 0.296 e. The number of hydrogen-bond donors (Lipinski definition) is 1. The summed E-state index contributed by atoms with van der Waals surface area (Å²) in [7, 11) is -0.797. The van der Waals surface area contributed by atoms with Crippen molar-refractivity contribution in [3.8, 4) is 17.2 Å². The zero-order chi connectivity index (χ0) is 29.7. The first-order chi connectivity index (χ1) is 19.6. The molecule has 1 heterocycles. The zero-order valence-corrected chi connectivity index (χ0v) is 24.5. The van der Waals surface area contributed by atoms with Crippen LogP contribution < -0.4 is 14.8 Å². The Morgan fingerprint density at radius 3 is 2.46 bits per heavy atom. The molecule has 12 nitrogen and oxygen atoms in total. The van der Waals surface area contributed by atoms with E-state index in [0.29, 0.717) is 40.7 Å². The van der Waals surface area contributed by atoms with E-state index in [2.05, 4.69) is 10.3 Å². The molecule has 216 valence electrons. The highest BCUT2D eigenvalue weighted by atomic mass is 32.2. The molecule has 0 aliphatic heterocycles. The summed E-state index contributed by atoms with van der Waals surface area (Å²) in [5.74, 6) is 0.210. The molecular weight excluding hydrogens is 570 g/mol. The van der Waals surface area contributed by atoms with Gasteiger partial charge in [0.1, 0.15) is 17.2 Å². The number of imidazole rings is 1. The molecule has 4 rings (SSSR count). The summed E-state index contributed by atoms with van der Waals surface area (Å²) < 4.78 is 40.1. The standard InChI is InChI=1S/C27H29N5O7S2/c1-5-30(6-2)41(36,37)19-12-14-22-21(16-19)29-27(31(22)23-9-7-8-10-25(23)39-4)40-17-26(33)28-20-13-11-18(38-3)15-24(20)32(34)35/h7-16H,5-6,17H2,1-4H3,(H,28,33). The van der Waals surface area contributed by atoms with Crippen LogP contribution in [-0.4, -0.2) is 66.2 Å². The highest BCUT2D eigenvalue weighted by Gasteiger charge is 2.25. The minimum Gasteiger partial charge on any atom is -0.496 e. The number of nitrogens with zero attached hydrogens (tertiary/aromatic N) is 4. The minimum atomic E-state index is -3.73. The molecule has 41 heavy (non-hydrogen) atoms. The third kappa shape index (κ3) is 6.14. The second-order valence-corrected chi connectivity index (χ2v) is 11.5. The summed E-state index contributed by atoms with van der Waals surface area (Å²) in [6, 6.07) is 16.1. The Balaban J connectivity index is 1.72. The lowest BCUT2D eigenvalue weighted by Crippen LogP contribution is -2.30. The van der Waals surface area contributed by atoms with Crippen molar-refractivity contribution in [1.82, 2.24) is 13.9 Å². The maximum absolute atomic E-state index is 13.2. The third-order valence-electron chi connectivity index (χ3n) is 6.27. The van der Waals surface area contributed by atoms with E-state index in [4.69, 9.17) is 9.47 Å². The van der Waals surface area contributed by atoms with Gasteiger partial charge in [0, 0.05) is 13.1 Å². The number of amides is 1. The van der Waals surface area contributed by atoms with Crippen molar-refractivity contribution >= 4 is 50.1 Å². The van der Waals surface area contributed by atoms with Gasteiger partial charge in [-0.05, 0) is 42.5 Å². The number of methoxy groups -OCH3 is 2. The summed E-state index contributed by atoms with van der Waals surface area (Å²) in [5, 5.41) is 14.5. The lowest BCUT2D eigenvalue weighted by molar-refractivity contribution is -0.384. The monoisotopic (exact) mass is 599 g/mol. The van der Waals surface area contributed by atoms with Crippen molar-refractivity contribution in [2.45, 2.75) is 23.9 Å². The highest BCUT2D eigenvalue weighted by Crippen LogP contribution is 2.34. The molecule has 0 fully saturated rings. The first kappa shape index (κ1) is 29.8. The molecule has 0 spiro atoms. The summed E-state index contributed by atoms with van der Waals surface area (Å²) in [6.45, 7) is 4.21. The van der Waals surface area contributed by atoms with Crippen molar-refractivity contribution in [3.63, 3.8) is 0 Å². The van der Waals surface area contributed by atoms with Crippen LogP contribution in [0, 0.1) is 10.1 Å². The second kappa shape index (κ2) is 12.6. The van der Waals surface area contributed by atoms with E-state index in [0.717, 1.165) is 11.8 Å². The molecular formula is C27H29N5O7S2. The number of aromatic nitrogens is 2. The van der Waals surface area contributed by atoms with Crippen LogP contribution in [0.5, 0.6) is 11.5 Å². The Morgan fingerprint density at radius 1 is 1.07 bits per heavy atom. The molecule has 0 aliphatic carbocycles. The molecule has 0 unspecified atom stereocenters. The lowest BCUT2D eigenvalue weighted by Gasteiger charge is -2.18. The average Bonchev–Trinajstić information content (AvgIpc) is 3.34. The summed E-state index contributed by atoms with van der Waals surface area (Å²) >= 11 is 1.09. The third-order valence-corrected chi connectivity index (χ3v) is 9.26. The number of nitro benzene ring substituents is 1. The molecule has 0 aliphatic rings. The van der Waals surface area contributed by atoms with Gasteiger partial charge in [-0.3, -0.25) is 19.5 Å². The number of fused-ring (bicyclic) bond motifs is 1. The van der Waals surface area contributed by atoms with Gasteiger partial charge in [0.2, 0.25) is 15.9 Å². The van der Waals surface area contributed by atoms with E-state index in [-0.39, 0.29) is 27.8 Å². The minimum absolute atomic E-state index is 0.0332. The van der Waals surface area contributed by atoms with Crippen molar-refractivity contribution < 1.29 is 27.6 Å². The van der Waals surface area contributed by atoms with Crippen LogP contribution in [0.3, 0.4) is 0 Å². The Labute approximate surface area is 241 Å². The Kier molecular flexibility index (Phi) is 9.15. The predicted octanol–water partition coefficient (Wildman–Crippen LogP) is 4.71. The SMILES string of the molecule is CCN(CC)S(=O)(=O)c1ccc2c(c1)nc(SCC(=O)Nc1ccc(OC)cc1[N+](=O)[O-])n2-c1ccccc1OC. The number of ether oxygens (including phenoxy) is 2. The van der Waals surface area contributed by atoms with E-state index >= 15 is 0 Å². The maximum Gasteiger partial charge on any atom is 0.296 e. The van der Waals surface area contributed by atoms with Crippen molar-refractivity contribution in [2.75, 3.05) is 38.4 Å². The van der Waals surface area contributed by atoms with Crippen LogP contribution in [0.15, 0.2) is 70.7 Å². The first-order valence-corrected chi connectivity index (χ1v) is 15.0. The normalized spacial score (nSPS) is 11.5.